The number of aliphatic carboxylic acids is 1. The quantitative estimate of drug-likeness (QED) is 0.567. The summed E-state index contributed by atoms with van der Waals surface area (Å²) in [6.45, 7) is -0.790. The third kappa shape index (κ3) is 1.50. The van der Waals surface area contributed by atoms with Crippen LogP contribution in [-0.2, 0) is 4.79 Å². The summed E-state index contributed by atoms with van der Waals surface area (Å²) in [7, 11) is 0. The molecule has 1 rings (SSSR count). The minimum Gasteiger partial charge on any atom is -0.481 e. The van der Waals surface area contributed by atoms with Crippen LogP contribution in [0.2, 0.25) is 0 Å². The molecule has 0 aromatic rings. The lowest BCUT2D eigenvalue weighted by molar-refractivity contribution is -0.151. The molecule has 0 spiro atoms. The Morgan fingerprint density at radius 1 is 1.38 bits per heavy atom. The third-order valence-electron chi connectivity index (χ3n) is 2.37. The summed E-state index contributed by atoms with van der Waals surface area (Å²) in [6.07, 6.45) is 6.23. The van der Waals surface area contributed by atoms with Crippen LogP contribution in [0.1, 0.15) is 0 Å². The fourth-order valence-corrected chi connectivity index (χ4v) is 1.41. The van der Waals surface area contributed by atoms with Gasteiger partial charge in [0.2, 0.25) is 0 Å². The van der Waals surface area contributed by atoms with Gasteiger partial charge in [0.05, 0.1) is 13.2 Å². The zero-order valence-electron chi connectivity index (χ0n) is 7.05. The van der Waals surface area contributed by atoms with E-state index < -0.39 is 23.9 Å². The van der Waals surface area contributed by atoms with Crippen molar-refractivity contribution in [2.45, 2.75) is 0 Å². The molecule has 2 unspecified atom stereocenters. The zero-order valence-corrected chi connectivity index (χ0v) is 7.05. The largest absolute Gasteiger partial charge is 0.481 e. The summed E-state index contributed by atoms with van der Waals surface area (Å²) >= 11 is 0. The molecule has 4 nitrogen and oxygen atoms in total. The van der Waals surface area contributed by atoms with E-state index in [1.807, 2.05) is 0 Å². The van der Waals surface area contributed by atoms with Gasteiger partial charge in [-0.2, -0.15) is 0 Å². The van der Waals surface area contributed by atoms with Gasteiger partial charge in [-0.3, -0.25) is 4.79 Å². The average molecular weight is 184 g/mol. The van der Waals surface area contributed by atoms with Crippen molar-refractivity contribution in [3.05, 3.63) is 24.3 Å². The van der Waals surface area contributed by atoms with Crippen LogP contribution in [0.25, 0.3) is 0 Å². The zero-order chi connectivity index (χ0) is 9.90. The smallest absolute Gasteiger partial charge is 0.316 e. The molecule has 0 bridgehead atoms. The number of carboxylic acids is 1. The van der Waals surface area contributed by atoms with Crippen molar-refractivity contribution >= 4 is 5.97 Å². The Kier molecular flexibility index (Phi) is 2.85. The Morgan fingerprint density at radius 2 is 2.08 bits per heavy atom. The number of rotatable bonds is 3. The van der Waals surface area contributed by atoms with Crippen LogP contribution in [0, 0.1) is 11.3 Å². The number of aliphatic hydroxyl groups excluding tert-OH is 2. The van der Waals surface area contributed by atoms with E-state index >= 15 is 0 Å². The maximum atomic E-state index is 10.9. The fourth-order valence-electron chi connectivity index (χ4n) is 1.41. The van der Waals surface area contributed by atoms with E-state index in [4.69, 9.17) is 15.3 Å². The fraction of sp³-hybridized carbons (Fsp3) is 0.444. The second-order valence-electron chi connectivity index (χ2n) is 3.04. The molecular weight excluding hydrogens is 172 g/mol. The molecule has 0 saturated heterocycles. The molecule has 0 saturated carbocycles. The Hall–Kier alpha value is -1.13. The molecule has 72 valence electrons. The second kappa shape index (κ2) is 3.72. The molecule has 2 atom stereocenters. The lowest BCUT2D eigenvalue weighted by Gasteiger charge is -2.31. The maximum Gasteiger partial charge on any atom is 0.316 e. The van der Waals surface area contributed by atoms with Gasteiger partial charge in [-0.05, 0) is 0 Å². The monoisotopic (exact) mass is 184 g/mol. The van der Waals surface area contributed by atoms with E-state index in [9.17, 15) is 4.79 Å². The topological polar surface area (TPSA) is 77.8 Å². The third-order valence-corrected chi connectivity index (χ3v) is 2.37. The van der Waals surface area contributed by atoms with Gasteiger partial charge in [0, 0.05) is 5.92 Å². The highest BCUT2D eigenvalue weighted by Crippen LogP contribution is 2.33. The van der Waals surface area contributed by atoms with Crippen molar-refractivity contribution < 1.29 is 20.1 Å². The summed E-state index contributed by atoms with van der Waals surface area (Å²) < 4.78 is 0. The Bertz CT molecular complexity index is 256. The summed E-state index contributed by atoms with van der Waals surface area (Å²) in [5, 5.41) is 26.9. The van der Waals surface area contributed by atoms with Crippen LogP contribution in [-0.4, -0.2) is 34.5 Å². The lowest BCUT2D eigenvalue weighted by Crippen LogP contribution is -2.42. The molecule has 0 aromatic carbocycles. The Morgan fingerprint density at radius 3 is 2.46 bits per heavy atom. The first-order valence-corrected chi connectivity index (χ1v) is 3.98. The molecule has 1 aliphatic carbocycles. The molecule has 0 radical (unpaired) electrons. The number of hydrogen-bond acceptors (Lipinski definition) is 3. The van der Waals surface area contributed by atoms with Gasteiger partial charge in [-0.15, -0.1) is 0 Å². The van der Waals surface area contributed by atoms with Gasteiger partial charge >= 0.3 is 5.97 Å². The van der Waals surface area contributed by atoms with Gasteiger partial charge in [0.25, 0.3) is 0 Å². The number of aliphatic hydroxyl groups is 2. The molecular formula is C9H12O4. The summed E-state index contributed by atoms with van der Waals surface area (Å²) in [6, 6.07) is 0. The van der Waals surface area contributed by atoms with E-state index in [0.717, 1.165) is 0 Å². The summed E-state index contributed by atoms with van der Waals surface area (Å²) in [4.78, 5) is 10.9. The second-order valence-corrected chi connectivity index (χ2v) is 3.04. The Balaban J connectivity index is 3.02. The van der Waals surface area contributed by atoms with Crippen LogP contribution in [0.5, 0.6) is 0 Å². The minimum absolute atomic E-state index is 0.284. The van der Waals surface area contributed by atoms with Crippen molar-refractivity contribution in [2.75, 3.05) is 13.2 Å². The predicted molar refractivity (Wildman–Crippen MR) is 46.0 cm³/mol. The minimum atomic E-state index is -1.36. The number of hydrogen-bond donors (Lipinski definition) is 3. The van der Waals surface area contributed by atoms with E-state index in [-0.39, 0.29) is 6.61 Å². The molecule has 3 N–H and O–H groups in total. The molecule has 1 aliphatic rings. The van der Waals surface area contributed by atoms with Crippen LogP contribution in [0.4, 0.5) is 0 Å². The Labute approximate surface area is 75.8 Å². The van der Waals surface area contributed by atoms with Crippen molar-refractivity contribution in [3.63, 3.8) is 0 Å². The van der Waals surface area contributed by atoms with Crippen molar-refractivity contribution in [2.24, 2.45) is 11.3 Å². The van der Waals surface area contributed by atoms with Gasteiger partial charge in [-0.25, -0.2) is 0 Å². The van der Waals surface area contributed by atoms with Crippen molar-refractivity contribution in [1.82, 2.24) is 0 Å². The van der Waals surface area contributed by atoms with Gasteiger partial charge < -0.3 is 15.3 Å². The molecule has 0 aromatic heterocycles. The number of allylic oxidation sites excluding steroid dienone is 2. The summed E-state index contributed by atoms with van der Waals surface area (Å²) in [5.74, 6) is -1.67. The van der Waals surface area contributed by atoms with Crippen molar-refractivity contribution in [3.8, 4) is 0 Å². The normalized spacial score (nSPS) is 32.0. The van der Waals surface area contributed by atoms with Crippen LogP contribution in [0.3, 0.4) is 0 Å². The average Bonchev–Trinajstić information content (AvgIpc) is 2.17. The molecule has 0 heterocycles. The highest BCUT2D eigenvalue weighted by Gasteiger charge is 2.42. The lowest BCUT2D eigenvalue weighted by atomic mass is 9.74. The van der Waals surface area contributed by atoms with E-state index in [1.165, 1.54) is 6.08 Å². The van der Waals surface area contributed by atoms with Crippen molar-refractivity contribution in [1.29, 1.82) is 0 Å². The SMILES string of the molecule is O=C(O)C1(CO)C=CC=CC1CO. The standard InChI is InChI=1S/C9H12O4/c10-5-7-3-1-2-4-9(7,6-11)8(12)13/h1-4,7,10-11H,5-6H2,(H,12,13). The van der Waals surface area contributed by atoms with Crippen LogP contribution >= 0.6 is 0 Å². The van der Waals surface area contributed by atoms with Gasteiger partial charge in [0.15, 0.2) is 0 Å². The van der Waals surface area contributed by atoms with Gasteiger partial charge in [-0.1, -0.05) is 24.3 Å². The number of carboxylic acid groups (broad SMARTS) is 1. The molecule has 0 amide bonds. The van der Waals surface area contributed by atoms with Gasteiger partial charge in [0.1, 0.15) is 5.41 Å². The maximum absolute atomic E-state index is 10.9. The first kappa shape index (κ1) is 9.95. The number of carbonyl (C=O) groups is 1. The molecule has 13 heavy (non-hydrogen) atoms. The molecule has 0 aliphatic heterocycles. The first-order valence-electron chi connectivity index (χ1n) is 3.98. The van der Waals surface area contributed by atoms with Crippen LogP contribution < -0.4 is 0 Å². The highest BCUT2D eigenvalue weighted by molar-refractivity contribution is 5.78. The van der Waals surface area contributed by atoms with E-state index in [2.05, 4.69) is 0 Å². The van der Waals surface area contributed by atoms with E-state index in [0.29, 0.717) is 0 Å². The molecule has 0 fully saturated rings. The highest BCUT2D eigenvalue weighted by atomic mass is 16.4. The predicted octanol–water partition coefficient (Wildman–Crippen LogP) is -0.216. The molecule has 4 heteroatoms. The first-order chi connectivity index (χ1) is 6.17. The van der Waals surface area contributed by atoms with Crippen LogP contribution in [0.15, 0.2) is 24.3 Å². The summed E-state index contributed by atoms with van der Waals surface area (Å²) in [5.41, 5.74) is -1.36. The van der Waals surface area contributed by atoms with E-state index in [1.54, 1.807) is 18.2 Å².